The minimum absolute atomic E-state index is 0.179. The molecule has 1 saturated heterocycles. The third-order valence-electron chi connectivity index (χ3n) is 5.00. The Morgan fingerprint density at radius 3 is 2.59 bits per heavy atom. The van der Waals surface area contributed by atoms with Gasteiger partial charge >= 0.3 is 6.03 Å². The number of urea groups is 1. The number of thioether (sulfide) groups is 1. The first-order chi connectivity index (χ1) is 10.6. The van der Waals surface area contributed by atoms with Crippen LogP contribution in [-0.2, 0) is 0 Å². The second-order valence-corrected chi connectivity index (χ2v) is 8.64. The van der Waals surface area contributed by atoms with Gasteiger partial charge < -0.3 is 15.1 Å². The van der Waals surface area contributed by atoms with Crippen molar-refractivity contribution in [3.05, 3.63) is 0 Å². The van der Waals surface area contributed by atoms with E-state index in [9.17, 15) is 4.79 Å². The highest BCUT2D eigenvalue weighted by Gasteiger charge is 2.28. The number of hydrogen-bond acceptors (Lipinski definition) is 3. The van der Waals surface area contributed by atoms with Gasteiger partial charge in [-0.3, -0.25) is 0 Å². The van der Waals surface area contributed by atoms with Crippen LogP contribution in [0.3, 0.4) is 0 Å². The monoisotopic (exact) mass is 327 g/mol. The van der Waals surface area contributed by atoms with Gasteiger partial charge in [0.05, 0.1) is 0 Å². The number of amides is 2. The van der Waals surface area contributed by atoms with Gasteiger partial charge in [0, 0.05) is 24.4 Å². The molecule has 0 aromatic heterocycles. The Hall–Kier alpha value is -0.420. The molecule has 5 heteroatoms. The van der Waals surface area contributed by atoms with Crippen molar-refractivity contribution in [1.29, 1.82) is 0 Å². The van der Waals surface area contributed by atoms with Gasteiger partial charge in [-0.1, -0.05) is 6.92 Å². The number of rotatable bonds is 6. The zero-order valence-electron chi connectivity index (χ0n) is 14.5. The van der Waals surface area contributed by atoms with Crippen molar-refractivity contribution < 1.29 is 4.79 Å². The minimum Gasteiger partial charge on any atom is -0.335 e. The molecule has 0 aromatic carbocycles. The fourth-order valence-electron chi connectivity index (χ4n) is 3.59. The molecule has 2 aliphatic rings. The van der Waals surface area contributed by atoms with Crippen LogP contribution in [0.15, 0.2) is 0 Å². The van der Waals surface area contributed by atoms with E-state index in [1.807, 2.05) is 16.7 Å². The van der Waals surface area contributed by atoms with Crippen molar-refractivity contribution in [3.63, 3.8) is 0 Å². The van der Waals surface area contributed by atoms with Crippen LogP contribution in [-0.4, -0.2) is 66.6 Å². The summed E-state index contributed by atoms with van der Waals surface area (Å²) in [6.07, 6.45) is 7.17. The molecule has 0 aromatic rings. The van der Waals surface area contributed by atoms with Crippen molar-refractivity contribution in [1.82, 2.24) is 15.1 Å². The summed E-state index contributed by atoms with van der Waals surface area (Å²) in [6, 6.07) is 0.584. The van der Waals surface area contributed by atoms with Gasteiger partial charge in [-0.2, -0.15) is 11.8 Å². The molecule has 1 saturated carbocycles. The standard InChI is InChI=1S/C17H33N3OS/c1-4-22-16-6-5-15(13-16)18-17(21)20-11-8-14(9-12-20)7-10-19(2)3/h14-16H,4-13H2,1-3H3,(H,18,21)/t15-,16-/m1/s1. The molecule has 22 heavy (non-hydrogen) atoms. The first-order valence-corrected chi connectivity index (χ1v) is 9.95. The smallest absolute Gasteiger partial charge is 0.317 e. The van der Waals surface area contributed by atoms with Crippen molar-refractivity contribution >= 4 is 17.8 Å². The Morgan fingerprint density at radius 2 is 1.95 bits per heavy atom. The maximum atomic E-state index is 12.4. The summed E-state index contributed by atoms with van der Waals surface area (Å²) in [4.78, 5) is 16.7. The van der Waals surface area contributed by atoms with E-state index in [0.29, 0.717) is 6.04 Å². The number of likely N-dealkylation sites (tertiary alicyclic amines) is 1. The molecule has 4 nitrogen and oxygen atoms in total. The van der Waals surface area contributed by atoms with Gasteiger partial charge in [0.2, 0.25) is 0 Å². The van der Waals surface area contributed by atoms with Crippen molar-refractivity contribution in [2.24, 2.45) is 5.92 Å². The normalized spacial score (nSPS) is 26.6. The van der Waals surface area contributed by atoms with Crippen LogP contribution in [0.4, 0.5) is 4.79 Å². The van der Waals surface area contributed by atoms with Crippen molar-refractivity contribution in [2.75, 3.05) is 39.5 Å². The molecule has 0 unspecified atom stereocenters. The lowest BCUT2D eigenvalue weighted by molar-refractivity contribution is 0.162. The van der Waals surface area contributed by atoms with Crippen molar-refractivity contribution in [3.8, 4) is 0 Å². The summed E-state index contributed by atoms with van der Waals surface area (Å²) >= 11 is 2.04. The number of piperidine rings is 1. The van der Waals surface area contributed by atoms with E-state index in [-0.39, 0.29) is 6.03 Å². The molecule has 128 valence electrons. The minimum atomic E-state index is 0.179. The fourth-order valence-corrected chi connectivity index (χ4v) is 4.73. The Balaban J connectivity index is 1.65. The highest BCUT2D eigenvalue weighted by molar-refractivity contribution is 7.99. The molecule has 1 heterocycles. The summed E-state index contributed by atoms with van der Waals surface area (Å²) in [5.74, 6) is 1.98. The largest absolute Gasteiger partial charge is 0.335 e. The van der Waals surface area contributed by atoms with Gasteiger partial charge in [-0.25, -0.2) is 4.79 Å². The van der Waals surface area contributed by atoms with Gasteiger partial charge in [-0.15, -0.1) is 0 Å². The van der Waals surface area contributed by atoms with E-state index >= 15 is 0 Å². The highest BCUT2D eigenvalue weighted by atomic mass is 32.2. The number of carbonyl (C=O) groups excluding carboxylic acids is 1. The second-order valence-electron chi connectivity index (χ2n) is 7.06. The quantitative estimate of drug-likeness (QED) is 0.814. The average Bonchev–Trinajstić information content (AvgIpc) is 2.93. The summed E-state index contributed by atoms with van der Waals surface area (Å²) in [5.41, 5.74) is 0. The zero-order valence-corrected chi connectivity index (χ0v) is 15.3. The lowest BCUT2D eigenvalue weighted by atomic mass is 9.93. The van der Waals surface area contributed by atoms with E-state index < -0.39 is 0 Å². The van der Waals surface area contributed by atoms with E-state index in [1.165, 1.54) is 31.4 Å². The molecule has 0 bridgehead atoms. The van der Waals surface area contributed by atoms with Gasteiger partial charge in [0.25, 0.3) is 0 Å². The van der Waals surface area contributed by atoms with Gasteiger partial charge in [0.15, 0.2) is 0 Å². The molecule has 2 rings (SSSR count). The van der Waals surface area contributed by atoms with Crippen LogP contribution in [0.1, 0.15) is 45.4 Å². The molecule has 0 spiro atoms. The molecule has 1 aliphatic heterocycles. The van der Waals surface area contributed by atoms with Gasteiger partial charge in [0.1, 0.15) is 0 Å². The van der Waals surface area contributed by atoms with Crippen LogP contribution >= 0.6 is 11.8 Å². The third-order valence-corrected chi connectivity index (χ3v) is 6.23. The molecule has 0 radical (unpaired) electrons. The van der Waals surface area contributed by atoms with Gasteiger partial charge in [-0.05, 0) is 70.8 Å². The lowest BCUT2D eigenvalue weighted by Crippen LogP contribution is -2.47. The fraction of sp³-hybridized carbons (Fsp3) is 0.941. The number of hydrogen-bond donors (Lipinski definition) is 1. The van der Waals surface area contributed by atoms with Crippen LogP contribution in [0.5, 0.6) is 0 Å². The van der Waals surface area contributed by atoms with E-state index in [0.717, 1.165) is 43.6 Å². The maximum absolute atomic E-state index is 12.4. The number of carbonyl (C=O) groups is 1. The lowest BCUT2D eigenvalue weighted by Gasteiger charge is -2.33. The Kier molecular flexibility index (Phi) is 7.35. The molecule has 2 fully saturated rings. The van der Waals surface area contributed by atoms with Crippen LogP contribution in [0.2, 0.25) is 0 Å². The van der Waals surface area contributed by atoms with E-state index in [1.54, 1.807) is 0 Å². The second kappa shape index (κ2) is 9.02. The average molecular weight is 328 g/mol. The molecule has 2 amide bonds. The highest BCUT2D eigenvalue weighted by Crippen LogP contribution is 2.30. The first-order valence-electron chi connectivity index (χ1n) is 8.90. The zero-order chi connectivity index (χ0) is 15.9. The summed E-state index contributed by atoms with van der Waals surface area (Å²) in [7, 11) is 4.27. The SMILES string of the molecule is CCS[C@@H]1CC[C@@H](NC(=O)N2CCC(CCN(C)C)CC2)C1. The Morgan fingerprint density at radius 1 is 1.23 bits per heavy atom. The van der Waals surface area contributed by atoms with E-state index in [2.05, 4.69) is 31.2 Å². The van der Waals surface area contributed by atoms with E-state index in [4.69, 9.17) is 0 Å². The third kappa shape index (κ3) is 5.65. The molecular formula is C17H33N3OS. The first kappa shape index (κ1) is 17.9. The summed E-state index contributed by atoms with van der Waals surface area (Å²) < 4.78 is 0. The maximum Gasteiger partial charge on any atom is 0.317 e. The molecule has 1 aliphatic carbocycles. The Labute approximate surface area is 140 Å². The number of nitrogens with one attached hydrogen (secondary N) is 1. The molecule has 2 atom stereocenters. The van der Waals surface area contributed by atoms with Crippen molar-refractivity contribution in [2.45, 2.75) is 56.7 Å². The predicted molar refractivity (Wildman–Crippen MR) is 95.6 cm³/mol. The summed E-state index contributed by atoms with van der Waals surface area (Å²) in [5, 5.41) is 4.02. The predicted octanol–water partition coefficient (Wildman–Crippen LogP) is 3.03. The van der Waals surface area contributed by atoms with Crippen LogP contribution < -0.4 is 5.32 Å². The molecular weight excluding hydrogens is 294 g/mol. The molecule has 1 N–H and O–H groups in total. The number of nitrogens with zero attached hydrogens (tertiary/aromatic N) is 2. The Bertz CT molecular complexity index is 343. The topological polar surface area (TPSA) is 35.6 Å². The van der Waals surface area contributed by atoms with Crippen LogP contribution in [0.25, 0.3) is 0 Å². The van der Waals surface area contributed by atoms with Crippen LogP contribution in [0, 0.1) is 5.92 Å². The summed E-state index contributed by atoms with van der Waals surface area (Å²) in [6.45, 7) is 5.25.